The van der Waals surface area contributed by atoms with Crippen molar-refractivity contribution >= 4 is 27.6 Å². The molecule has 9 heteroatoms. The van der Waals surface area contributed by atoms with Crippen molar-refractivity contribution in [3.05, 3.63) is 79.7 Å². The van der Waals surface area contributed by atoms with E-state index in [1.165, 1.54) is 0 Å². The molecule has 0 saturated heterocycles. The molecular formula is C27H25N9. The van der Waals surface area contributed by atoms with Gasteiger partial charge in [0.05, 0.1) is 58.9 Å². The third kappa shape index (κ3) is 3.80. The summed E-state index contributed by atoms with van der Waals surface area (Å²) < 4.78 is 1.98. The molecule has 6 rings (SSSR count). The van der Waals surface area contributed by atoms with Crippen LogP contribution in [0.2, 0.25) is 0 Å². The van der Waals surface area contributed by atoms with E-state index in [9.17, 15) is 0 Å². The van der Waals surface area contributed by atoms with Crippen LogP contribution in [-0.4, -0.2) is 39.7 Å². The van der Waals surface area contributed by atoms with Gasteiger partial charge in [-0.15, -0.1) is 0 Å². The molecule has 0 amide bonds. The average Bonchev–Trinajstić information content (AvgIpc) is 3.61. The van der Waals surface area contributed by atoms with Gasteiger partial charge in [-0.3, -0.25) is 15.1 Å². The lowest BCUT2D eigenvalue weighted by atomic mass is 10.1. The average molecular weight is 476 g/mol. The number of imidazole rings is 1. The van der Waals surface area contributed by atoms with Gasteiger partial charge in [0.15, 0.2) is 5.65 Å². The van der Waals surface area contributed by atoms with Crippen molar-refractivity contribution in [2.45, 2.75) is 20.8 Å². The predicted molar refractivity (Wildman–Crippen MR) is 142 cm³/mol. The summed E-state index contributed by atoms with van der Waals surface area (Å²) in [5.74, 6) is 0.324. The van der Waals surface area contributed by atoms with Gasteiger partial charge in [-0.25, -0.2) is 9.97 Å². The van der Waals surface area contributed by atoms with Crippen LogP contribution in [0, 0.1) is 12.8 Å². The highest BCUT2D eigenvalue weighted by atomic mass is 15.2. The molecule has 0 aliphatic carbocycles. The van der Waals surface area contributed by atoms with Gasteiger partial charge in [-0.1, -0.05) is 20.4 Å². The van der Waals surface area contributed by atoms with Crippen LogP contribution in [0.1, 0.15) is 19.5 Å². The minimum absolute atomic E-state index is 0.324. The van der Waals surface area contributed by atoms with E-state index in [1.54, 1.807) is 12.5 Å². The van der Waals surface area contributed by atoms with E-state index < -0.39 is 0 Å². The van der Waals surface area contributed by atoms with Crippen LogP contribution in [0.3, 0.4) is 0 Å². The van der Waals surface area contributed by atoms with E-state index in [0.717, 1.165) is 61.6 Å². The first-order valence-electron chi connectivity index (χ1n) is 11.7. The van der Waals surface area contributed by atoms with Gasteiger partial charge >= 0.3 is 0 Å². The van der Waals surface area contributed by atoms with E-state index in [2.05, 4.69) is 79.1 Å². The summed E-state index contributed by atoms with van der Waals surface area (Å²) in [6.07, 6.45) is 12.9. The van der Waals surface area contributed by atoms with Crippen LogP contribution in [0.15, 0.2) is 74.0 Å². The molecular weight excluding hydrogens is 450 g/mol. The number of aromatic nitrogens is 8. The smallest absolute Gasteiger partial charge is 0.181 e. The lowest BCUT2D eigenvalue weighted by Crippen LogP contribution is -2.04. The Morgan fingerprint density at radius 2 is 1.81 bits per heavy atom. The quantitative estimate of drug-likeness (QED) is 0.287. The minimum atomic E-state index is 0.324. The molecule has 0 bridgehead atoms. The maximum absolute atomic E-state index is 4.60. The first-order valence-corrected chi connectivity index (χ1v) is 11.7. The van der Waals surface area contributed by atoms with Crippen molar-refractivity contribution in [1.82, 2.24) is 39.7 Å². The first-order chi connectivity index (χ1) is 17.5. The summed E-state index contributed by atoms with van der Waals surface area (Å²) in [6.45, 7) is 10.3. The zero-order valence-electron chi connectivity index (χ0n) is 20.2. The number of nitrogens with zero attached hydrogens (tertiary/aromatic N) is 6. The van der Waals surface area contributed by atoms with Crippen molar-refractivity contribution < 1.29 is 0 Å². The number of H-pyrrole nitrogens is 2. The molecule has 0 aliphatic heterocycles. The number of nitrogens with one attached hydrogen (secondary N) is 3. The highest BCUT2D eigenvalue weighted by molar-refractivity contribution is 5.97. The predicted octanol–water partition coefficient (Wildman–Crippen LogP) is 5.64. The third-order valence-electron chi connectivity index (χ3n) is 6.27. The molecule has 0 spiro atoms. The van der Waals surface area contributed by atoms with Crippen LogP contribution in [-0.2, 0) is 0 Å². The summed E-state index contributed by atoms with van der Waals surface area (Å²) in [5.41, 5.74) is 8.97. The second-order valence-electron chi connectivity index (χ2n) is 9.19. The first kappa shape index (κ1) is 21.7. The fraction of sp³-hybridized carbons (Fsp3) is 0.148. The zero-order chi connectivity index (χ0) is 24.8. The summed E-state index contributed by atoms with van der Waals surface area (Å²) >= 11 is 0. The molecule has 6 aromatic rings. The van der Waals surface area contributed by atoms with Gasteiger partial charge < -0.3 is 14.9 Å². The topological polar surface area (TPSA) is 113 Å². The van der Waals surface area contributed by atoms with Crippen molar-refractivity contribution in [2.75, 3.05) is 5.32 Å². The fourth-order valence-electron chi connectivity index (χ4n) is 4.19. The molecule has 0 saturated carbocycles. The van der Waals surface area contributed by atoms with E-state index in [1.807, 2.05) is 42.5 Å². The van der Waals surface area contributed by atoms with Crippen LogP contribution < -0.4 is 5.32 Å². The molecule has 36 heavy (non-hydrogen) atoms. The van der Waals surface area contributed by atoms with Gasteiger partial charge in [0.2, 0.25) is 0 Å². The molecule has 0 unspecified atom stereocenters. The molecule has 9 nitrogen and oxygen atoms in total. The number of anilines is 1. The third-order valence-corrected chi connectivity index (χ3v) is 6.27. The standard InChI is InChI=1S/C27H25N9/c1-15(2)17(4)32-20-5-18(8-28-10-20)19-6-22-26(34-35-27(22)30-9-19)23-7-21-24(33-23)11-29-12-25(21)36-13-16(3)31-14-36/h5-15,32-33H,4H2,1-3H3,(H,30,34,35). The van der Waals surface area contributed by atoms with Crippen molar-refractivity contribution in [2.24, 2.45) is 5.92 Å². The monoisotopic (exact) mass is 475 g/mol. The Kier molecular flexibility index (Phi) is 5.10. The lowest BCUT2D eigenvalue weighted by Gasteiger charge is -2.13. The van der Waals surface area contributed by atoms with Gasteiger partial charge in [-0.2, -0.15) is 5.10 Å². The Morgan fingerprint density at radius 1 is 0.972 bits per heavy atom. The fourth-order valence-corrected chi connectivity index (χ4v) is 4.19. The second kappa shape index (κ2) is 8.46. The maximum Gasteiger partial charge on any atom is 0.181 e. The largest absolute Gasteiger partial charge is 0.358 e. The maximum atomic E-state index is 4.60. The van der Waals surface area contributed by atoms with E-state index in [4.69, 9.17) is 0 Å². The second-order valence-corrected chi connectivity index (χ2v) is 9.19. The molecule has 0 aliphatic rings. The molecule has 0 radical (unpaired) electrons. The highest BCUT2D eigenvalue weighted by Gasteiger charge is 2.15. The van der Waals surface area contributed by atoms with Crippen LogP contribution in [0.5, 0.6) is 0 Å². The number of hydrogen-bond acceptors (Lipinski definition) is 6. The van der Waals surface area contributed by atoms with Gasteiger partial charge in [0.1, 0.15) is 0 Å². The van der Waals surface area contributed by atoms with Gasteiger partial charge in [0, 0.05) is 46.2 Å². The summed E-state index contributed by atoms with van der Waals surface area (Å²) in [6, 6.07) is 6.24. The molecule has 0 atom stereocenters. The SMILES string of the molecule is C=C(Nc1cncc(-c2cnc3n[nH]c(-c4cc5c(-n6cnc(C)c6)cncc5[nH]4)c3c2)c1)C(C)C. The Bertz CT molecular complexity index is 1740. The number of hydrogen-bond donors (Lipinski definition) is 3. The molecule has 6 aromatic heterocycles. The molecule has 0 aromatic carbocycles. The van der Waals surface area contributed by atoms with E-state index in [0.29, 0.717) is 11.6 Å². The summed E-state index contributed by atoms with van der Waals surface area (Å²) in [7, 11) is 0. The van der Waals surface area contributed by atoms with Crippen molar-refractivity contribution in [3.63, 3.8) is 0 Å². The molecule has 3 N–H and O–H groups in total. The van der Waals surface area contributed by atoms with Crippen molar-refractivity contribution in [1.29, 1.82) is 0 Å². The number of rotatable bonds is 6. The Balaban J connectivity index is 1.41. The van der Waals surface area contributed by atoms with Crippen molar-refractivity contribution in [3.8, 4) is 28.2 Å². The van der Waals surface area contributed by atoms with Crippen LogP contribution >= 0.6 is 0 Å². The number of aromatic amines is 2. The zero-order valence-corrected chi connectivity index (χ0v) is 20.2. The lowest BCUT2D eigenvalue weighted by molar-refractivity contribution is 0.778. The molecule has 0 fully saturated rings. The Morgan fingerprint density at radius 3 is 2.61 bits per heavy atom. The summed E-state index contributed by atoms with van der Waals surface area (Å²) in [4.78, 5) is 21.3. The van der Waals surface area contributed by atoms with Gasteiger partial charge in [0.25, 0.3) is 0 Å². The van der Waals surface area contributed by atoms with E-state index >= 15 is 0 Å². The number of fused-ring (bicyclic) bond motifs is 2. The van der Waals surface area contributed by atoms with Crippen LogP contribution in [0.25, 0.3) is 50.1 Å². The molecule has 6 heterocycles. The van der Waals surface area contributed by atoms with Gasteiger partial charge in [-0.05, 0) is 31.0 Å². The Labute approximate surface area is 207 Å². The Hall–Kier alpha value is -4.79. The number of pyridine rings is 3. The molecule has 178 valence electrons. The van der Waals surface area contributed by atoms with Crippen LogP contribution in [0.4, 0.5) is 5.69 Å². The number of allylic oxidation sites excluding steroid dienone is 1. The summed E-state index contributed by atoms with van der Waals surface area (Å²) in [5, 5.41) is 12.9. The number of aryl methyl sites for hydroxylation is 1. The minimum Gasteiger partial charge on any atom is -0.358 e. The highest BCUT2D eigenvalue weighted by Crippen LogP contribution is 2.32. The normalized spacial score (nSPS) is 11.6. The van der Waals surface area contributed by atoms with E-state index in [-0.39, 0.29) is 0 Å².